The van der Waals surface area contributed by atoms with Gasteiger partial charge in [0.05, 0.1) is 30.7 Å². The van der Waals surface area contributed by atoms with Crippen LogP contribution in [0.3, 0.4) is 0 Å². The standard InChI is InChI=1S/C17H31N3O4S/c1-18(14-5-3-4-6-14)11-17(21)20-8-7-19(9-10-24-2)15-12-25(22,23)13-16(15)20/h14-16H,3-13H2,1-2H3/t15-,16+/m1/s1. The predicted octanol–water partition coefficient (Wildman–Crippen LogP) is -0.183. The number of amides is 1. The Balaban J connectivity index is 1.66. The van der Waals surface area contributed by atoms with Crippen molar-refractivity contribution in [2.45, 2.75) is 43.8 Å². The van der Waals surface area contributed by atoms with E-state index in [0.717, 1.165) is 25.9 Å². The van der Waals surface area contributed by atoms with Crippen molar-refractivity contribution in [3.8, 4) is 0 Å². The van der Waals surface area contributed by atoms with Crippen molar-refractivity contribution in [3.63, 3.8) is 0 Å². The molecule has 0 N–H and O–H groups in total. The van der Waals surface area contributed by atoms with Gasteiger partial charge in [0.2, 0.25) is 5.91 Å². The molecule has 0 unspecified atom stereocenters. The fourth-order valence-corrected chi connectivity index (χ4v) is 6.61. The van der Waals surface area contributed by atoms with Gasteiger partial charge in [0.1, 0.15) is 0 Å². The number of sulfone groups is 1. The molecule has 144 valence electrons. The summed E-state index contributed by atoms with van der Waals surface area (Å²) >= 11 is 0. The zero-order valence-electron chi connectivity index (χ0n) is 15.4. The van der Waals surface area contributed by atoms with Crippen LogP contribution in [-0.2, 0) is 19.4 Å². The second kappa shape index (κ2) is 7.90. The van der Waals surface area contributed by atoms with Crippen LogP contribution in [0.5, 0.6) is 0 Å². The first-order valence-electron chi connectivity index (χ1n) is 9.34. The lowest BCUT2D eigenvalue weighted by atomic mass is 10.0. The lowest BCUT2D eigenvalue weighted by Gasteiger charge is -2.44. The fraction of sp³-hybridized carbons (Fsp3) is 0.941. The average molecular weight is 374 g/mol. The Bertz CT molecular complexity index is 576. The number of hydrogen-bond donors (Lipinski definition) is 0. The number of fused-ring (bicyclic) bond motifs is 1. The van der Waals surface area contributed by atoms with Crippen LogP contribution < -0.4 is 0 Å². The van der Waals surface area contributed by atoms with Crippen LogP contribution in [0, 0.1) is 0 Å². The minimum Gasteiger partial charge on any atom is -0.383 e. The molecule has 1 aliphatic carbocycles. The summed E-state index contributed by atoms with van der Waals surface area (Å²) in [5.41, 5.74) is 0. The number of rotatable bonds is 6. The number of likely N-dealkylation sites (N-methyl/N-ethyl adjacent to an activating group) is 1. The number of carbonyl (C=O) groups is 1. The summed E-state index contributed by atoms with van der Waals surface area (Å²) in [7, 11) is 0.586. The molecule has 7 nitrogen and oxygen atoms in total. The molecule has 2 heterocycles. The molecular weight excluding hydrogens is 342 g/mol. The molecule has 0 bridgehead atoms. The van der Waals surface area contributed by atoms with Crippen LogP contribution in [0.4, 0.5) is 0 Å². The zero-order chi connectivity index (χ0) is 18.0. The summed E-state index contributed by atoms with van der Waals surface area (Å²) in [4.78, 5) is 19.1. The molecule has 3 fully saturated rings. The summed E-state index contributed by atoms with van der Waals surface area (Å²) in [5, 5.41) is 0. The Kier molecular flexibility index (Phi) is 6.03. The van der Waals surface area contributed by atoms with E-state index < -0.39 is 9.84 Å². The zero-order valence-corrected chi connectivity index (χ0v) is 16.2. The lowest BCUT2D eigenvalue weighted by Crippen LogP contribution is -2.62. The van der Waals surface area contributed by atoms with Gasteiger partial charge in [-0.05, 0) is 19.9 Å². The van der Waals surface area contributed by atoms with Gasteiger partial charge in [0.25, 0.3) is 0 Å². The fourth-order valence-electron chi connectivity index (χ4n) is 4.60. The maximum Gasteiger partial charge on any atom is 0.237 e. The Morgan fingerprint density at radius 1 is 1.16 bits per heavy atom. The minimum atomic E-state index is -3.09. The molecule has 3 aliphatic rings. The molecule has 25 heavy (non-hydrogen) atoms. The van der Waals surface area contributed by atoms with Crippen molar-refractivity contribution in [3.05, 3.63) is 0 Å². The van der Waals surface area contributed by atoms with Gasteiger partial charge < -0.3 is 9.64 Å². The number of hydrogen-bond acceptors (Lipinski definition) is 6. The van der Waals surface area contributed by atoms with E-state index in [9.17, 15) is 13.2 Å². The van der Waals surface area contributed by atoms with Crippen LogP contribution in [-0.4, -0.2) is 106 Å². The summed E-state index contributed by atoms with van der Waals surface area (Å²) in [6.45, 7) is 3.03. The third kappa shape index (κ3) is 4.35. The van der Waals surface area contributed by atoms with Crippen molar-refractivity contribution in [2.24, 2.45) is 0 Å². The Labute approximate surface area is 151 Å². The van der Waals surface area contributed by atoms with Crippen LogP contribution in [0.1, 0.15) is 25.7 Å². The molecule has 2 saturated heterocycles. The highest BCUT2D eigenvalue weighted by atomic mass is 32.2. The van der Waals surface area contributed by atoms with Gasteiger partial charge in [0.15, 0.2) is 9.84 Å². The second-order valence-electron chi connectivity index (χ2n) is 7.68. The van der Waals surface area contributed by atoms with Gasteiger partial charge in [0, 0.05) is 38.8 Å². The molecule has 2 atom stereocenters. The van der Waals surface area contributed by atoms with Gasteiger partial charge in [-0.25, -0.2) is 8.42 Å². The van der Waals surface area contributed by atoms with E-state index in [1.54, 1.807) is 7.11 Å². The van der Waals surface area contributed by atoms with Gasteiger partial charge in [-0.15, -0.1) is 0 Å². The van der Waals surface area contributed by atoms with Gasteiger partial charge >= 0.3 is 0 Å². The quantitative estimate of drug-likeness (QED) is 0.643. The van der Waals surface area contributed by atoms with Crippen molar-refractivity contribution in [2.75, 3.05) is 58.4 Å². The number of ether oxygens (including phenoxy) is 1. The van der Waals surface area contributed by atoms with Gasteiger partial charge in [-0.2, -0.15) is 0 Å². The molecule has 0 aromatic heterocycles. The van der Waals surface area contributed by atoms with Crippen LogP contribution in [0.15, 0.2) is 0 Å². The predicted molar refractivity (Wildman–Crippen MR) is 96.3 cm³/mol. The number of carbonyl (C=O) groups excluding carboxylic acids is 1. The topological polar surface area (TPSA) is 70.2 Å². The van der Waals surface area contributed by atoms with E-state index in [-0.39, 0.29) is 29.5 Å². The number of piperazine rings is 1. The van der Waals surface area contributed by atoms with E-state index in [1.165, 1.54) is 12.8 Å². The highest BCUT2D eigenvalue weighted by molar-refractivity contribution is 7.91. The van der Waals surface area contributed by atoms with Crippen LogP contribution >= 0.6 is 0 Å². The summed E-state index contributed by atoms with van der Waals surface area (Å²) in [6.07, 6.45) is 4.80. The Hall–Kier alpha value is -0.700. The maximum absolute atomic E-state index is 12.9. The first kappa shape index (κ1) is 19.1. The molecule has 1 saturated carbocycles. The van der Waals surface area contributed by atoms with Crippen LogP contribution in [0.2, 0.25) is 0 Å². The van der Waals surface area contributed by atoms with E-state index in [4.69, 9.17) is 4.74 Å². The van der Waals surface area contributed by atoms with Gasteiger partial charge in [-0.3, -0.25) is 14.6 Å². The summed E-state index contributed by atoms with van der Waals surface area (Å²) in [6, 6.07) is 0.199. The number of methoxy groups -OCH3 is 1. The largest absolute Gasteiger partial charge is 0.383 e. The minimum absolute atomic E-state index is 0.0768. The molecule has 8 heteroatoms. The third-order valence-electron chi connectivity index (χ3n) is 6.03. The molecule has 0 aromatic carbocycles. The smallest absolute Gasteiger partial charge is 0.237 e. The normalized spacial score (nSPS) is 30.1. The van der Waals surface area contributed by atoms with Gasteiger partial charge in [-0.1, -0.05) is 12.8 Å². The average Bonchev–Trinajstić information content (AvgIpc) is 3.18. The van der Waals surface area contributed by atoms with Crippen molar-refractivity contribution < 1.29 is 17.9 Å². The Morgan fingerprint density at radius 2 is 1.84 bits per heavy atom. The van der Waals surface area contributed by atoms with E-state index in [2.05, 4.69) is 9.80 Å². The highest BCUT2D eigenvalue weighted by Gasteiger charge is 2.47. The van der Waals surface area contributed by atoms with Crippen molar-refractivity contribution >= 4 is 15.7 Å². The molecule has 0 spiro atoms. The number of nitrogens with zero attached hydrogens (tertiary/aromatic N) is 3. The van der Waals surface area contributed by atoms with Crippen molar-refractivity contribution in [1.82, 2.24) is 14.7 Å². The molecule has 0 radical (unpaired) electrons. The lowest BCUT2D eigenvalue weighted by molar-refractivity contribution is -0.138. The molecule has 1 amide bonds. The first-order valence-corrected chi connectivity index (χ1v) is 11.2. The van der Waals surface area contributed by atoms with Crippen LogP contribution in [0.25, 0.3) is 0 Å². The van der Waals surface area contributed by atoms with Crippen molar-refractivity contribution in [1.29, 1.82) is 0 Å². The maximum atomic E-state index is 12.9. The van der Waals surface area contributed by atoms with E-state index in [0.29, 0.717) is 25.7 Å². The molecule has 3 rings (SSSR count). The SMILES string of the molecule is COCCN1CCN(C(=O)CN(C)C2CCCC2)[C@H]2CS(=O)(=O)C[C@H]21. The van der Waals surface area contributed by atoms with E-state index >= 15 is 0 Å². The first-order chi connectivity index (χ1) is 11.9. The second-order valence-corrected chi connectivity index (χ2v) is 9.83. The Morgan fingerprint density at radius 3 is 2.52 bits per heavy atom. The monoisotopic (exact) mass is 373 g/mol. The molecule has 2 aliphatic heterocycles. The summed E-state index contributed by atoms with van der Waals surface area (Å²) in [5.74, 6) is 0.330. The highest BCUT2D eigenvalue weighted by Crippen LogP contribution is 2.28. The molecule has 0 aromatic rings. The third-order valence-corrected chi connectivity index (χ3v) is 7.73. The molecular formula is C17H31N3O4S. The summed E-state index contributed by atoms with van der Waals surface area (Å²) < 4.78 is 29.6. The van der Waals surface area contributed by atoms with E-state index in [1.807, 2.05) is 11.9 Å².